The first-order valence-electron chi connectivity index (χ1n) is 9.35. The fraction of sp³-hybridized carbons (Fsp3) is 0.273. The van der Waals surface area contributed by atoms with E-state index in [4.69, 9.17) is 9.47 Å². The summed E-state index contributed by atoms with van der Waals surface area (Å²) < 4.78 is 39.7. The van der Waals surface area contributed by atoms with Gasteiger partial charge in [0.1, 0.15) is 0 Å². The predicted octanol–water partition coefficient (Wildman–Crippen LogP) is 4.68. The van der Waals surface area contributed by atoms with Crippen molar-refractivity contribution in [2.24, 2.45) is 0 Å². The van der Waals surface area contributed by atoms with Crippen LogP contribution in [0.1, 0.15) is 32.4 Å². The summed E-state index contributed by atoms with van der Waals surface area (Å²) in [5, 5.41) is 1.89. The fourth-order valence-corrected chi connectivity index (χ4v) is 4.31. The summed E-state index contributed by atoms with van der Waals surface area (Å²) in [5.74, 6) is 1.26. The Bertz CT molecular complexity index is 1060. The number of benzene rings is 3. The maximum absolute atomic E-state index is 12.9. The van der Waals surface area contributed by atoms with Crippen LogP contribution in [0.25, 0.3) is 10.8 Å². The van der Waals surface area contributed by atoms with Gasteiger partial charge in [-0.3, -0.25) is 0 Å². The molecule has 148 valence electrons. The van der Waals surface area contributed by atoms with Gasteiger partial charge in [-0.05, 0) is 61.4 Å². The molecule has 5 nitrogen and oxygen atoms in total. The zero-order chi connectivity index (χ0) is 20.1. The van der Waals surface area contributed by atoms with E-state index in [0.717, 1.165) is 16.3 Å². The minimum Gasteiger partial charge on any atom is -0.490 e. The Morgan fingerprint density at radius 2 is 1.54 bits per heavy atom. The Kier molecular flexibility index (Phi) is 6.21. The number of sulfonamides is 1. The average Bonchev–Trinajstić information content (AvgIpc) is 2.69. The Balaban J connectivity index is 1.85. The van der Waals surface area contributed by atoms with Crippen LogP contribution in [-0.4, -0.2) is 21.6 Å². The van der Waals surface area contributed by atoms with Crippen molar-refractivity contribution in [1.82, 2.24) is 4.72 Å². The second-order valence-corrected chi connectivity index (χ2v) is 8.14. The highest BCUT2D eigenvalue weighted by molar-refractivity contribution is 7.89. The Morgan fingerprint density at radius 3 is 2.25 bits per heavy atom. The highest BCUT2D eigenvalue weighted by Gasteiger charge is 2.20. The molecule has 0 radical (unpaired) electrons. The normalized spacial score (nSPS) is 12.7. The van der Waals surface area contributed by atoms with Crippen molar-refractivity contribution in [2.75, 3.05) is 13.2 Å². The molecule has 1 unspecified atom stereocenters. The van der Waals surface area contributed by atoms with Gasteiger partial charge in [0.2, 0.25) is 10.0 Å². The minimum atomic E-state index is -3.67. The van der Waals surface area contributed by atoms with Crippen molar-refractivity contribution in [1.29, 1.82) is 0 Å². The van der Waals surface area contributed by atoms with Crippen LogP contribution in [0.3, 0.4) is 0 Å². The van der Waals surface area contributed by atoms with Crippen LogP contribution in [-0.2, 0) is 10.0 Å². The first-order chi connectivity index (χ1) is 13.4. The highest BCUT2D eigenvalue weighted by atomic mass is 32.2. The summed E-state index contributed by atoms with van der Waals surface area (Å²) in [6.07, 6.45) is 0. The minimum absolute atomic E-state index is 0.244. The lowest BCUT2D eigenvalue weighted by atomic mass is 10.1. The zero-order valence-corrected chi connectivity index (χ0v) is 17.1. The molecule has 6 heteroatoms. The largest absolute Gasteiger partial charge is 0.490 e. The molecule has 0 aliphatic heterocycles. The summed E-state index contributed by atoms with van der Waals surface area (Å²) in [6.45, 7) is 6.65. The lowest BCUT2D eigenvalue weighted by Crippen LogP contribution is -2.27. The molecule has 0 aliphatic rings. The molecular weight excluding hydrogens is 374 g/mol. The summed E-state index contributed by atoms with van der Waals surface area (Å²) in [7, 11) is -3.67. The van der Waals surface area contributed by atoms with Gasteiger partial charge in [0.25, 0.3) is 0 Å². The van der Waals surface area contributed by atoms with Gasteiger partial charge in [-0.15, -0.1) is 0 Å². The number of hydrogen-bond acceptors (Lipinski definition) is 4. The van der Waals surface area contributed by atoms with Crippen LogP contribution >= 0.6 is 0 Å². The molecule has 1 atom stereocenters. The third-order valence-corrected chi connectivity index (χ3v) is 5.97. The Hall–Kier alpha value is -2.57. The molecule has 0 fully saturated rings. The van der Waals surface area contributed by atoms with E-state index in [0.29, 0.717) is 24.7 Å². The van der Waals surface area contributed by atoms with E-state index in [2.05, 4.69) is 4.72 Å². The van der Waals surface area contributed by atoms with E-state index in [9.17, 15) is 8.42 Å². The van der Waals surface area contributed by atoms with Gasteiger partial charge in [-0.1, -0.05) is 36.4 Å². The smallest absolute Gasteiger partial charge is 0.241 e. The molecule has 0 amide bonds. The van der Waals surface area contributed by atoms with Crippen molar-refractivity contribution in [3.8, 4) is 11.5 Å². The summed E-state index contributed by atoms with van der Waals surface area (Å²) >= 11 is 0. The van der Waals surface area contributed by atoms with Crippen LogP contribution in [0, 0.1) is 0 Å². The van der Waals surface area contributed by atoms with Gasteiger partial charge in [-0.2, -0.15) is 0 Å². The molecule has 0 saturated heterocycles. The lowest BCUT2D eigenvalue weighted by Gasteiger charge is -2.18. The van der Waals surface area contributed by atoms with E-state index in [-0.39, 0.29) is 4.90 Å². The molecule has 3 aromatic carbocycles. The summed E-state index contributed by atoms with van der Waals surface area (Å²) in [6, 6.07) is 17.9. The quantitative estimate of drug-likeness (QED) is 0.597. The Morgan fingerprint density at radius 1 is 0.857 bits per heavy atom. The molecule has 3 rings (SSSR count). The lowest BCUT2D eigenvalue weighted by molar-refractivity contribution is 0.287. The monoisotopic (exact) mass is 399 g/mol. The summed E-state index contributed by atoms with van der Waals surface area (Å²) in [4.78, 5) is 0.244. The number of fused-ring (bicyclic) bond motifs is 1. The molecule has 0 heterocycles. The van der Waals surface area contributed by atoms with Crippen LogP contribution in [0.15, 0.2) is 65.6 Å². The number of nitrogens with one attached hydrogen (secondary N) is 1. The van der Waals surface area contributed by atoms with E-state index in [1.165, 1.54) is 0 Å². The first-order valence-corrected chi connectivity index (χ1v) is 10.8. The molecule has 0 spiro atoms. The van der Waals surface area contributed by atoms with Crippen LogP contribution in [0.2, 0.25) is 0 Å². The molecule has 28 heavy (non-hydrogen) atoms. The van der Waals surface area contributed by atoms with Crippen molar-refractivity contribution in [3.63, 3.8) is 0 Å². The van der Waals surface area contributed by atoms with Crippen molar-refractivity contribution < 1.29 is 17.9 Å². The predicted molar refractivity (Wildman–Crippen MR) is 111 cm³/mol. The van der Waals surface area contributed by atoms with Crippen molar-refractivity contribution >= 4 is 20.8 Å². The van der Waals surface area contributed by atoms with Crippen molar-refractivity contribution in [3.05, 3.63) is 66.2 Å². The number of hydrogen-bond donors (Lipinski definition) is 1. The van der Waals surface area contributed by atoms with Gasteiger partial charge < -0.3 is 9.47 Å². The van der Waals surface area contributed by atoms with Crippen LogP contribution < -0.4 is 14.2 Å². The zero-order valence-electron chi connectivity index (χ0n) is 16.3. The summed E-state index contributed by atoms with van der Waals surface area (Å²) in [5.41, 5.74) is 0.802. The van der Waals surface area contributed by atoms with E-state index in [1.54, 1.807) is 12.1 Å². The van der Waals surface area contributed by atoms with Gasteiger partial charge >= 0.3 is 0 Å². The standard InChI is InChI=1S/C22H25NO4S/c1-4-26-21-13-11-18(15-22(21)27-5-2)16(3)23-28(24,25)20-12-10-17-8-6-7-9-19(17)14-20/h6-16,23H,4-5H2,1-3H3. The average molecular weight is 400 g/mol. The molecule has 3 aromatic rings. The maximum atomic E-state index is 12.9. The fourth-order valence-electron chi connectivity index (χ4n) is 3.04. The van der Waals surface area contributed by atoms with Gasteiger partial charge in [-0.25, -0.2) is 13.1 Å². The third-order valence-electron chi connectivity index (χ3n) is 4.43. The van der Waals surface area contributed by atoms with Gasteiger partial charge in [0.05, 0.1) is 18.1 Å². The molecule has 0 bridgehead atoms. The highest BCUT2D eigenvalue weighted by Crippen LogP contribution is 2.31. The molecule has 0 saturated carbocycles. The first kappa shape index (κ1) is 20.2. The SMILES string of the molecule is CCOc1ccc(C(C)NS(=O)(=O)c2ccc3ccccc3c2)cc1OCC. The Labute approximate surface area is 166 Å². The second-order valence-electron chi connectivity index (χ2n) is 6.42. The third kappa shape index (κ3) is 4.46. The van der Waals surface area contributed by atoms with Crippen LogP contribution in [0.4, 0.5) is 0 Å². The van der Waals surface area contributed by atoms with E-state index in [1.807, 2.05) is 69.3 Å². The van der Waals surface area contributed by atoms with E-state index < -0.39 is 16.1 Å². The van der Waals surface area contributed by atoms with Crippen molar-refractivity contribution in [2.45, 2.75) is 31.7 Å². The maximum Gasteiger partial charge on any atom is 0.241 e. The molecular formula is C22H25NO4S. The molecule has 0 aromatic heterocycles. The number of ether oxygens (including phenoxy) is 2. The van der Waals surface area contributed by atoms with Gasteiger partial charge in [0.15, 0.2) is 11.5 Å². The molecule has 1 N–H and O–H groups in total. The second kappa shape index (κ2) is 8.63. The van der Waals surface area contributed by atoms with Gasteiger partial charge in [0, 0.05) is 6.04 Å². The van der Waals surface area contributed by atoms with Crippen LogP contribution in [0.5, 0.6) is 11.5 Å². The van der Waals surface area contributed by atoms with E-state index >= 15 is 0 Å². The topological polar surface area (TPSA) is 64.6 Å². The number of rotatable bonds is 8. The molecule has 0 aliphatic carbocycles.